The number of halogens is 4. The first-order chi connectivity index (χ1) is 13.4. The summed E-state index contributed by atoms with van der Waals surface area (Å²) in [6.07, 6.45) is -5.48. The van der Waals surface area contributed by atoms with Gasteiger partial charge in [-0.1, -0.05) is 23.8 Å². The van der Waals surface area contributed by atoms with Crippen molar-refractivity contribution in [3.8, 4) is 0 Å². The molecule has 2 aromatic carbocycles. The molecule has 158 valence electrons. The molecule has 2 rings (SSSR count). The van der Waals surface area contributed by atoms with Gasteiger partial charge in [0.15, 0.2) is 0 Å². The van der Waals surface area contributed by atoms with E-state index in [1.807, 2.05) is 0 Å². The summed E-state index contributed by atoms with van der Waals surface area (Å²) in [6.45, 7) is 2.47. The number of aryl methyl sites for hydroxylation is 1. The minimum atomic E-state index is -5.48. The minimum Gasteiger partial charge on any atom is -0.463 e. The second-order valence-electron chi connectivity index (χ2n) is 6.02. The molecule has 0 saturated carbocycles. The van der Waals surface area contributed by atoms with Crippen molar-refractivity contribution in [2.75, 3.05) is 11.9 Å². The number of hydrogen-bond donors (Lipinski definition) is 2. The van der Waals surface area contributed by atoms with Gasteiger partial charge in [-0.05, 0) is 44.2 Å². The van der Waals surface area contributed by atoms with E-state index in [2.05, 4.69) is 4.74 Å². The molecule has 2 N–H and O–H groups in total. The molecule has 1 unspecified atom stereocenters. The van der Waals surface area contributed by atoms with E-state index in [0.29, 0.717) is 11.6 Å². The molecule has 0 bridgehead atoms. The highest BCUT2D eigenvalue weighted by molar-refractivity contribution is 7.89. The average molecular weight is 434 g/mol. The maximum Gasteiger partial charge on any atom is 0.437 e. The van der Waals surface area contributed by atoms with Crippen molar-refractivity contribution in [2.24, 2.45) is 0 Å². The molecular weight excluding hydrogens is 416 g/mol. The molecule has 0 spiro atoms. The van der Waals surface area contributed by atoms with Gasteiger partial charge in [0, 0.05) is 5.69 Å². The van der Waals surface area contributed by atoms with Gasteiger partial charge >= 0.3 is 12.1 Å². The first-order valence-corrected chi connectivity index (χ1v) is 9.78. The third kappa shape index (κ3) is 5.04. The van der Waals surface area contributed by atoms with E-state index >= 15 is 0 Å². The van der Waals surface area contributed by atoms with Gasteiger partial charge in [-0.2, -0.15) is 17.9 Å². The monoisotopic (exact) mass is 434 g/mol. The van der Waals surface area contributed by atoms with Crippen molar-refractivity contribution in [3.05, 3.63) is 59.9 Å². The number of rotatable bonds is 7. The van der Waals surface area contributed by atoms with Crippen LogP contribution in [0.25, 0.3) is 0 Å². The van der Waals surface area contributed by atoms with Crippen molar-refractivity contribution >= 4 is 21.7 Å². The molecule has 0 aliphatic heterocycles. The maximum atomic E-state index is 14.1. The van der Waals surface area contributed by atoms with Crippen molar-refractivity contribution in [3.63, 3.8) is 0 Å². The molecule has 1 atom stereocenters. The lowest BCUT2D eigenvalue weighted by Gasteiger charge is -2.35. The van der Waals surface area contributed by atoms with Gasteiger partial charge in [-0.15, -0.1) is 0 Å². The molecule has 0 aliphatic carbocycles. The number of carbonyl (C=O) groups excluding carboxylic acids is 1. The Hall–Kier alpha value is -2.66. The predicted molar refractivity (Wildman–Crippen MR) is 96.9 cm³/mol. The third-order valence-electron chi connectivity index (χ3n) is 3.78. The van der Waals surface area contributed by atoms with Crippen LogP contribution in [0.5, 0.6) is 0 Å². The van der Waals surface area contributed by atoms with Crippen LogP contribution in [-0.2, 0) is 19.6 Å². The number of benzene rings is 2. The molecule has 0 aliphatic rings. The third-order valence-corrected chi connectivity index (χ3v) is 5.25. The molecule has 0 amide bonds. The van der Waals surface area contributed by atoms with Crippen LogP contribution in [0.3, 0.4) is 0 Å². The predicted octanol–water partition coefficient (Wildman–Crippen LogP) is 3.35. The summed E-state index contributed by atoms with van der Waals surface area (Å²) in [4.78, 5) is 11.8. The van der Waals surface area contributed by atoms with Gasteiger partial charge in [0.2, 0.25) is 10.0 Å². The van der Waals surface area contributed by atoms with Crippen molar-refractivity contribution in [1.29, 1.82) is 0 Å². The number of hydrogen-bond acceptors (Lipinski definition) is 5. The summed E-state index contributed by atoms with van der Waals surface area (Å²) in [5.74, 6) is -2.83. The van der Waals surface area contributed by atoms with Crippen LogP contribution in [0.15, 0.2) is 53.4 Å². The van der Waals surface area contributed by atoms with Gasteiger partial charge in [0.05, 0.1) is 11.5 Å². The van der Waals surface area contributed by atoms with E-state index in [1.165, 1.54) is 23.8 Å². The lowest BCUT2D eigenvalue weighted by molar-refractivity contribution is -0.202. The Labute approximate surface area is 164 Å². The highest BCUT2D eigenvalue weighted by Gasteiger charge is 2.64. The highest BCUT2D eigenvalue weighted by atomic mass is 32.2. The highest BCUT2D eigenvalue weighted by Crippen LogP contribution is 2.34. The first-order valence-electron chi connectivity index (χ1n) is 8.29. The van der Waals surface area contributed by atoms with Crippen molar-refractivity contribution in [1.82, 2.24) is 4.72 Å². The van der Waals surface area contributed by atoms with Gasteiger partial charge < -0.3 is 10.1 Å². The number of ether oxygens (including phenoxy) is 1. The zero-order valence-corrected chi connectivity index (χ0v) is 16.2. The standard InChI is InChI=1S/C18H18F4N2O4S/c1-3-28-16(25)17(18(20,21)22,23-14-6-4-5-13(19)11-14)24-29(26,27)15-9-7-12(2)8-10-15/h4-11,23-24H,3H2,1-2H3. The Bertz CT molecular complexity index is 978. The minimum absolute atomic E-state index is 0.451. The summed E-state index contributed by atoms with van der Waals surface area (Å²) < 4.78 is 86.8. The molecule has 0 radical (unpaired) electrons. The number of anilines is 1. The van der Waals surface area contributed by atoms with Crippen LogP contribution in [0.2, 0.25) is 0 Å². The number of alkyl halides is 3. The maximum absolute atomic E-state index is 14.1. The number of nitrogens with one attached hydrogen (secondary N) is 2. The van der Waals surface area contributed by atoms with E-state index in [-0.39, 0.29) is 0 Å². The topological polar surface area (TPSA) is 84.5 Å². The molecule has 0 aromatic heterocycles. The van der Waals surface area contributed by atoms with E-state index < -0.39 is 50.8 Å². The lowest BCUT2D eigenvalue weighted by Crippen LogP contribution is -2.69. The van der Waals surface area contributed by atoms with Gasteiger partial charge in [0.1, 0.15) is 5.82 Å². The van der Waals surface area contributed by atoms with Gasteiger partial charge in [-0.25, -0.2) is 17.6 Å². The van der Waals surface area contributed by atoms with E-state index in [1.54, 1.807) is 12.2 Å². The molecular formula is C18H18F4N2O4S. The largest absolute Gasteiger partial charge is 0.463 e. The van der Waals surface area contributed by atoms with E-state index in [4.69, 9.17) is 0 Å². The molecule has 0 fully saturated rings. The average Bonchev–Trinajstić information content (AvgIpc) is 2.60. The Morgan fingerprint density at radius 1 is 1.10 bits per heavy atom. The summed E-state index contributed by atoms with van der Waals surface area (Å²) in [5, 5.41) is 1.77. The van der Waals surface area contributed by atoms with Gasteiger partial charge in [-0.3, -0.25) is 0 Å². The summed E-state index contributed by atoms with van der Waals surface area (Å²) in [6, 6.07) is 8.74. The zero-order valence-electron chi connectivity index (χ0n) is 15.4. The fourth-order valence-electron chi connectivity index (χ4n) is 2.36. The van der Waals surface area contributed by atoms with Crippen LogP contribution in [-0.4, -0.2) is 32.8 Å². The fraction of sp³-hybridized carbons (Fsp3) is 0.278. The lowest BCUT2D eigenvalue weighted by atomic mass is 10.1. The Balaban J connectivity index is 2.60. The summed E-state index contributed by atoms with van der Waals surface area (Å²) >= 11 is 0. The molecule has 6 nitrogen and oxygen atoms in total. The Morgan fingerprint density at radius 3 is 2.24 bits per heavy atom. The van der Waals surface area contributed by atoms with Crippen LogP contribution in [0.1, 0.15) is 12.5 Å². The quantitative estimate of drug-likeness (QED) is 0.397. The van der Waals surface area contributed by atoms with E-state index in [9.17, 15) is 30.8 Å². The zero-order chi connectivity index (χ0) is 21.9. The number of sulfonamides is 1. The van der Waals surface area contributed by atoms with Crippen LogP contribution in [0, 0.1) is 12.7 Å². The molecule has 0 heterocycles. The molecule has 11 heteroatoms. The van der Waals surface area contributed by atoms with E-state index in [0.717, 1.165) is 30.3 Å². The smallest absolute Gasteiger partial charge is 0.437 e. The number of esters is 1. The molecule has 29 heavy (non-hydrogen) atoms. The van der Waals surface area contributed by atoms with Crippen molar-refractivity contribution < 1.29 is 35.5 Å². The number of carbonyl (C=O) groups is 1. The Morgan fingerprint density at radius 2 is 1.72 bits per heavy atom. The second kappa shape index (κ2) is 8.37. The molecule has 0 saturated heterocycles. The van der Waals surface area contributed by atoms with Gasteiger partial charge in [0.25, 0.3) is 5.66 Å². The van der Waals surface area contributed by atoms with Crippen molar-refractivity contribution in [2.45, 2.75) is 30.6 Å². The second-order valence-corrected chi connectivity index (χ2v) is 7.70. The summed E-state index contributed by atoms with van der Waals surface area (Å²) in [7, 11) is -4.84. The SMILES string of the molecule is CCOC(=O)C(Nc1cccc(F)c1)(NS(=O)(=O)c1ccc(C)cc1)C(F)(F)F. The normalized spacial score (nSPS) is 14.1. The van der Waals surface area contributed by atoms with Crippen LogP contribution < -0.4 is 10.0 Å². The summed E-state index contributed by atoms with van der Waals surface area (Å²) in [5.41, 5.74) is -3.70. The van der Waals surface area contributed by atoms with Crippen LogP contribution in [0.4, 0.5) is 23.2 Å². The Kier molecular flexibility index (Phi) is 6.53. The first kappa shape index (κ1) is 22.6. The molecule has 2 aromatic rings. The fourth-order valence-corrected chi connectivity index (χ4v) is 3.63. The van der Waals surface area contributed by atoms with Crippen LogP contribution >= 0.6 is 0 Å².